The van der Waals surface area contributed by atoms with Crippen molar-refractivity contribution in [3.63, 3.8) is 0 Å². The first-order valence-corrected chi connectivity index (χ1v) is 23.7. The van der Waals surface area contributed by atoms with Gasteiger partial charge in [0.2, 0.25) is 0 Å². The Morgan fingerprint density at radius 2 is 1.52 bits per heavy atom. The Balaban J connectivity index is 0.931. The van der Waals surface area contributed by atoms with Crippen LogP contribution in [-0.2, 0) is 57.1 Å². The number of benzene rings is 1. The van der Waals surface area contributed by atoms with Crippen molar-refractivity contribution < 1.29 is 57.1 Å². The van der Waals surface area contributed by atoms with Crippen LogP contribution < -0.4 is 0 Å². The van der Waals surface area contributed by atoms with Crippen LogP contribution in [0.2, 0.25) is 0 Å². The fourth-order valence-corrected chi connectivity index (χ4v) is 13.6. The molecule has 17 atom stereocenters. The van der Waals surface area contributed by atoms with Crippen LogP contribution in [0.25, 0.3) is 0 Å². The zero-order valence-electron chi connectivity index (χ0n) is 37.6. The molecule has 340 valence electrons. The molecule has 9 rings (SSSR count). The number of Topliss-reactive ketones (excluding diaryl/α,β-unsaturated/α-hetero) is 2. The minimum absolute atomic E-state index is 0.00685. The first-order chi connectivity index (χ1) is 29.7. The maximum atomic E-state index is 13.4. The number of ether oxygens (including phenoxy) is 8. The average Bonchev–Trinajstić information content (AvgIpc) is 3.70. The van der Waals surface area contributed by atoms with E-state index in [1.165, 1.54) is 38.7 Å². The van der Waals surface area contributed by atoms with E-state index in [0.717, 1.165) is 50.7 Å². The number of allylic oxidation sites excluding steroid dienone is 1. The highest BCUT2D eigenvalue weighted by Crippen LogP contribution is 2.70. The minimum Gasteiger partial charge on any atom is -0.455 e. The Hall–Kier alpha value is -3.00. The summed E-state index contributed by atoms with van der Waals surface area (Å²) in [6.07, 6.45) is 5.65. The van der Waals surface area contributed by atoms with E-state index in [-0.39, 0.29) is 66.9 Å². The lowest BCUT2D eigenvalue weighted by atomic mass is 9.47. The summed E-state index contributed by atoms with van der Waals surface area (Å²) in [6.45, 7) is 13.5. The molecule has 1 aromatic rings. The van der Waals surface area contributed by atoms with Crippen LogP contribution in [0.3, 0.4) is 0 Å². The molecule has 4 aliphatic carbocycles. The monoisotopic (exact) mass is 860 g/mol. The summed E-state index contributed by atoms with van der Waals surface area (Å²) in [5, 5.41) is 0. The number of hydrogen-bond acceptors (Lipinski definition) is 12. The Morgan fingerprint density at radius 1 is 0.790 bits per heavy atom. The standard InChI is InChI=1S/C50H68O12/c1-28-18-23-50(56-26-28)31(4)42-38(62-50)25-37-35-15-14-33-24-34(19-21-48(33,5)36(35)20-22-49(37,42)6)57-47-45(60-41(54)17-13-30(3)52)44(59-40(53)16-12-29(2)51)43-39(58-47)27-55-46(61-43)32-10-8-7-9-11-32/h7-11,14,28,31,34-39,42-47H,12-13,15-27H2,1-6H3/t28-,31+,34+,35-,36+,37+,38+,39-,42+,43-,44+,45-,46-,47-,48+,49+,50-/m1/s1. The van der Waals surface area contributed by atoms with Crippen molar-refractivity contribution in [2.24, 2.45) is 46.3 Å². The molecule has 62 heavy (non-hydrogen) atoms. The summed E-state index contributed by atoms with van der Waals surface area (Å²) < 4.78 is 52.0. The third kappa shape index (κ3) is 8.16. The van der Waals surface area contributed by atoms with Crippen LogP contribution in [0.4, 0.5) is 0 Å². The number of rotatable bonds is 11. The maximum Gasteiger partial charge on any atom is 0.306 e. The number of fused-ring (bicyclic) bond motifs is 8. The van der Waals surface area contributed by atoms with Gasteiger partial charge in [0.15, 0.2) is 30.6 Å². The number of ketones is 2. The van der Waals surface area contributed by atoms with Crippen molar-refractivity contribution in [2.75, 3.05) is 13.2 Å². The van der Waals surface area contributed by atoms with Gasteiger partial charge in [0.05, 0.1) is 38.3 Å². The maximum absolute atomic E-state index is 13.4. The predicted octanol–water partition coefficient (Wildman–Crippen LogP) is 8.14. The second-order valence-electron chi connectivity index (χ2n) is 20.8. The molecule has 3 saturated carbocycles. The van der Waals surface area contributed by atoms with E-state index in [2.05, 4.69) is 33.8 Å². The molecule has 7 fully saturated rings. The Bertz CT molecular complexity index is 1870. The van der Waals surface area contributed by atoms with Crippen LogP contribution in [0.5, 0.6) is 0 Å². The summed E-state index contributed by atoms with van der Waals surface area (Å²) in [4.78, 5) is 50.6. The van der Waals surface area contributed by atoms with E-state index in [4.69, 9.17) is 37.9 Å². The molecule has 0 unspecified atom stereocenters. The smallest absolute Gasteiger partial charge is 0.306 e. The quantitative estimate of drug-likeness (QED) is 0.157. The first kappa shape index (κ1) is 44.2. The third-order valence-electron chi connectivity index (χ3n) is 16.9. The molecule has 4 saturated heterocycles. The highest BCUT2D eigenvalue weighted by atomic mass is 16.8. The van der Waals surface area contributed by atoms with E-state index in [0.29, 0.717) is 35.5 Å². The highest BCUT2D eigenvalue weighted by molar-refractivity contribution is 5.81. The zero-order chi connectivity index (χ0) is 43.6. The second-order valence-corrected chi connectivity index (χ2v) is 20.8. The summed E-state index contributed by atoms with van der Waals surface area (Å²) in [6, 6.07) is 9.43. The van der Waals surface area contributed by atoms with E-state index in [1.807, 2.05) is 30.3 Å². The van der Waals surface area contributed by atoms with Crippen molar-refractivity contribution in [3.8, 4) is 0 Å². The van der Waals surface area contributed by atoms with Gasteiger partial charge in [-0.25, -0.2) is 0 Å². The first-order valence-electron chi connectivity index (χ1n) is 23.7. The number of esters is 2. The number of carbonyl (C=O) groups is 4. The fourth-order valence-electron chi connectivity index (χ4n) is 13.6. The van der Waals surface area contributed by atoms with Gasteiger partial charge in [-0.05, 0) is 106 Å². The minimum atomic E-state index is -1.20. The SMILES string of the molecule is CC(=O)CCC(=O)O[C@@H]1[C@@H](OC(=O)CCC(C)=O)[C@H](O[C@H]2CC[C@@]3(C)C(=CC[C@H]4[C@@H]5C[C@@H]6O[C@]7(CC[C@@H](C)CO7)[C@@H](C)[C@@H]6[C@@]5(C)CC[C@@H]43)C2)O[C@@H]2CO[C@@H](c3ccccc3)O[C@@H]12. The number of carbonyl (C=O) groups excluding carboxylic acids is 4. The van der Waals surface area contributed by atoms with Crippen molar-refractivity contribution in [1.29, 1.82) is 0 Å². The molecule has 12 nitrogen and oxygen atoms in total. The Morgan fingerprint density at radius 3 is 2.21 bits per heavy atom. The molecular weight excluding hydrogens is 793 g/mol. The van der Waals surface area contributed by atoms with Gasteiger partial charge in [-0.2, -0.15) is 0 Å². The normalized spacial score (nSPS) is 44.5. The Labute approximate surface area is 366 Å². The van der Waals surface area contributed by atoms with Gasteiger partial charge in [0, 0.05) is 30.7 Å². The van der Waals surface area contributed by atoms with Crippen LogP contribution in [0.1, 0.15) is 137 Å². The molecule has 4 aliphatic heterocycles. The van der Waals surface area contributed by atoms with Gasteiger partial charge in [0.25, 0.3) is 0 Å². The fraction of sp³-hybridized carbons (Fsp3) is 0.760. The third-order valence-corrected chi connectivity index (χ3v) is 16.9. The van der Waals surface area contributed by atoms with Crippen LogP contribution in [-0.4, -0.2) is 85.4 Å². The predicted molar refractivity (Wildman–Crippen MR) is 225 cm³/mol. The van der Waals surface area contributed by atoms with Crippen molar-refractivity contribution in [3.05, 3.63) is 47.5 Å². The summed E-state index contributed by atoms with van der Waals surface area (Å²) in [5.74, 6) is 1.33. The summed E-state index contributed by atoms with van der Waals surface area (Å²) >= 11 is 0. The van der Waals surface area contributed by atoms with Crippen LogP contribution in [0, 0.1) is 46.3 Å². The lowest BCUT2D eigenvalue weighted by Gasteiger charge is -2.58. The van der Waals surface area contributed by atoms with Gasteiger partial charge < -0.3 is 47.5 Å². The largest absolute Gasteiger partial charge is 0.455 e. The van der Waals surface area contributed by atoms with Gasteiger partial charge in [-0.3, -0.25) is 9.59 Å². The van der Waals surface area contributed by atoms with Gasteiger partial charge in [-0.15, -0.1) is 0 Å². The lowest BCUT2D eigenvalue weighted by molar-refractivity contribution is -0.368. The molecular formula is C50H68O12. The van der Waals surface area contributed by atoms with E-state index in [1.54, 1.807) is 0 Å². The Kier molecular flexibility index (Phi) is 12.4. The van der Waals surface area contributed by atoms with Crippen molar-refractivity contribution in [1.82, 2.24) is 0 Å². The number of hydrogen-bond donors (Lipinski definition) is 0. The average molecular weight is 861 g/mol. The van der Waals surface area contributed by atoms with Crippen molar-refractivity contribution >= 4 is 23.5 Å². The van der Waals surface area contributed by atoms with Gasteiger partial charge in [0.1, 0.15) is 23.8 Å². The molecule has 0 aromatic heterocycles. The topological polar surface area (TPSA) is 142 Å². The van der Waals surface area contributed by atoms with Gasteiger partial charge in [-0.1, -0.05) is 69.7 Å². The molecule has 4 heterocycles. The lowest BCUT2D eigenvalue weighted by Crippen LogP contribution is -2.64. The molecule has 0 N–H and O–H groups in total. The van der Waals surface area contributed by atoms with E-state index < -0.39 is 54.7 Å². The zero-order valence-corrected chi connectivity index (χ0v) is 37.6. The molecule has 1 aromatic carbocycles. The summed E-state index contributed by atoms with van der Waals surface area (Å²) in [7, 11) is 0. The molecule has 12 heteroatoms. The van der Waals surface area contributed by atoms with Crippen molar-refractivity contribution in [2.45, 2.75) is 180 Å². The molecule has 0 radical (unpaired) electrons. The highest BCUT2D eigenvalue weighted by Gasteiger charge is 2.69. The van der Waals surface area contributed by atoms with E-state index in [9.17, 15) is 19.2 Å². The van der Waals surface area contributed by atoms with Crippen LogP contribution >= 0.6 is 0 Å². The molecule has 1 spiro atoms. The molecule has 0 bridgehead atoms. The van der Waals surface area contributed by atoms with Crippen LogP contribution in [0.15, 0.2) is 42.0 Å². The second kappa shape index (κ2) is 17.4. The van der Waals surface area contributed by atoms with E-state index >= 15 is 0 Å². The molecule has 0 amide bonds. The summed E-state index contributed by atoms with van der Waals surface area (Å²) in [5.41, 5.74) is 2.47. The molecule has 8 aliphatic rings. The van der Waals surface area contributed by atoms with Gasteiger partial charge >= 0.3 is 11.9 Å².